The zero-order valence-electron chi connectivity index (χ0n) is 11.0. The number of H-pyrrole nitrogens is 1. The van der Waals surface area contributed by atoms with E-state index >= 15 is 0 Å². The fraction of sp³-hybridized carbons (Fsp3) is 0.333. The van der Waals surface area contributed by atoms with E-state index in [1.807, 2.05) is 29.2 Å². The average Bonchev–Trinajstić information content (AvgIpc) is 3.23. The molecule has 1 aromatic carbocycles. The third kappa shape index (κ3) is 2.52. The van der Waals surface area contributed by atoms with Crippen LogP contribution in [0.5, 0.6) is 0 Å². The molecule has 0 aliphatic heterocycles. The molecule has 0 spiro atoms. The summed E-state index contributed by atoms with van der Waals surface area (Å²) in [5, 5.41) is 10.4. The first kappa shape index (κ1) is 12.7. The van der Waals surface area contributed by atoms with Gasteiger partial charge < -0.3 is 15.0 Å². The van der Waals surface area contributed by atoms with Gasteiger partial charge >= 0.3 is 5.97 Å². The van der Waals surface area contributed by atoms with Gasteiger partial charge in [0.1, 0.15) is 5.82 Å². The van der Waals surface area contributed by atoms with Crippen LogP contribution in [0.2, 0.25) is 0 Å². The fourth-order valence-corrected chi connectivity index (χ4v) is 2.45. The van der Waals surface area contributed by atoms with Gasteiger partial charge in [0.2, 0.25) is 0 Å². The lowest BCUT2D eigenvalue weighted by atomic mass is 10.1. The third-order valence-corrected chi connectivity index (χ3v) is 3.60. The minimum atomic E-state index is -0.821. The molecule has 1 fully saturated rings. The first-order valence-corrected chi connectivity index (χ1v) is 6.75. The van der Waals surface area contributed by atoms with Crippen LogP contribution < -0.4 is 10.5 Å². The molecule has 2 aromatic rings. The molecule has 20 heavy (non-hydrogen) atoms. The minimum Gasteiger partial charge on any atom is -0.481 e. The van der Waals surface area contributed by atoms with E-state index in [0.29, 0.717) is 18.0 Å². The van der Waals surface area contributed by atoms with Gasteiger partial charge in [0, 0.05) is 18.0 Å². The van der Waals surface area contributed by atoms with Crippen molar-refractivity contribution in [2.45, 2.75) is 25.3 Å². The number of pyridine rings is 1. The van der Waals surface area contributed by atoms with Crippen molar-refractivity contribution in [2.75, 3.05) is 11.4 Å². The second-order valence-electron chi connectivity index (χ2n) is 5.14. The highest BCUT2D eigenvalue weighted by atomic mass is 16.4. The highest BCUT2D eigenvalue weighted by Gasteiger charge is 2.30. The maximum absolute atomic E-state index is 12.1. The summed E-state index contributed by atoms with van der Waals surface area (Å²) in [5.74, 6) is -0.101. The molecule has 1 saturated carbocycles. The van der Waals surface area contributed by atoms with Crippen LogP contribution in [0, 0.1) is 0 Å². The van der Waals surface area contributed by atoms with Gasteiger partial charge in [-0.2, -0.15) is 0 Å². The summed E-state index contributed by atoms with van der Waals surface area (Å²) in [4.78, 5) is 27.7. The molecule has 3 rings (SSSR count). The van der Waals surface area contributed by atoms with Crippen molar-refractivity contribution in [3.05, 3.63) is 40.7 Å². The summed E-state index contributed by atoms with van der Waals surface area (Å²) in [6, 6.07) is 9.69. The van der Waals surface area contributed by atoms with Crippen molar-refractivity contribution < 1.29 is 9.90 Å². The highest BCUT2D eigenvalue weighted by molar-refractivity contribution is 5.84. The number of rotatable bonds is 5. The standard InChI is InChI=1S/C15H16N2O3/c18-14(19)7-8-17(11-5-6-11)13-9-10-3-1-2-4-12(10)15(20)16-13/h1-4,9,11H,5-8H2,(H,16,20)(H,18,19). The quantitative estimate of drug-likeness (QED) is 0.872. The molecule has 1 aliphatic rings. The molecule has 0 amide bonds. The molecular weight excluding hydrogens is 256 g/mol. The van der Waals surface area contributed by atoms with Gasteiger partial charge in [-0.3, -0.25) is 9.59 Å². The van der Waals surface area contributed by atoms with Crippen molar-refractivity contribution in [2.24, 2.45) is 0 Å². The molecule has 0 bridgehead atoms. The van der Waals surface area contributed by atoms with Gasteiger partial charge in [0.15, 0.2) is 0 Å². The minimum absolute atomic E-state index is 0.0748. The largest absolute Gasteiger partial charge is 0.481 e. The number of anilines is 1. The van der Waals surface area contributed by atoms with Gasteiger partial charge in [0.05, 0.1) is 6.42 Å². The number of carboxylic acid groups (broad SMARTS) is 1. The van der Waals surface area contributed by atoms with Crippen LogP contribution in [0.15, 0.2) is 35.1 Å². The fourth-order valence-electron chi connectivity index (χ4n) is 2.45. The molecule has 104 valence electrons. The summed E-state index contributed by atoms with van der Waals surface area (Å²) in [7, 11) is 0. The van der Waals surface area contributed by atoms with E-state index in [-0.39, 0.29) is 12.0 Å². The van der Waals surface area contributed by atoms with Crippen LogP contribution in [0.25, 0.3) is 10.8 Å². The SMILES string of the molecule is O=C(O)CCN(c1cc2ccccc2c(=O)[nH]1)C1CC1. The molecule has 0 unspecified atom stereocenters. The number of carboxylic acids is 1. The molecule has 0 atom stereocenters. The van der Waals surface area contributed by atoms with E-state index in [9.17, 15) is 9.59 Å². The second kappa shape index (κ2) is 5.00. The number of fused-ring (bicyclic) bond motifs is 1. The number of nitrogens with one attached hydrogen (secondary N) is 1. The molecule has 1 heterocycles. The molecule has 0 saturated heterocycles. The summed E-state index contributed by atoms with van der Waals surface area (Å²) in [5.41, 5.74) is -0.126. The first-order chi connectivity index (χ1) is 9.65. The molecule has 1 aliphatic carbocycles. The number of aliphatic carboxylic acids is 1. The predicted molar refractivity (Wildman–Crippen MR) is 77.2 cm³/mol. The lowest BCUT2D eigenvalue weighted by molar-refractivity contribution is -0.136. The normalized spacial score (nSPS) is 14.4. The number of benzene rings is 1. The van der Waals surface area contributed by atoms with Gasteiger partial charge in [-0.15, -0.1) is 0 Å². The Hall–Kier alpha value is -2.30. The van der Waals surface area contributed by atoms with Crippen LogP contribution in [0.3, 0.4) is 0 Å². The van der Waals surface area contributed by atoms with E-state index in [4.69, 9.17) is 5.11 Å². The summed E-state index contributed by atoms with van der Waals surface area (Å²) in [6.45, 7) is 0.425. The highest BCUT2D eigenvalue weighted by Crippen LogP contribution is 2.31. The Bertz CT molecular complexity index is 704. The molecule has 1 aromatic heterocycles. The Balaban J connectivity index is 1.98. The summed E-state index contributed by atoms with van der Waals surface area (Å²) < 4.78 is 0. The van der Waals surface area contributed by atoms with Crippen molar-refractivity contribution in [1.29, 1.82) is 0 Å². The Morgan fingerprint density at radius 2 is 2.10 bits per heavy atom. The molecule has 5 heteroatoms. The van der Waals surface area contributed by atoms with Crippen LogP contribution in [-0.4, -0.2) is 28.6 Å². The number of hydrogen-bond acceptors (Lipinski definition) is 3. The Morgan fingerprint density at radius 3 is 2.80 bits per heavy atom. The topological polar surface area (TPSA) is 73.4 Å². The Morgan fingerprint density at radius 1 is 1.35 bits per heavy atom. The van der Waals surface area contributed by atoms with Gasteiger partial charge in [-0.05, 0) is 30.4 Å². The summed E-state index contributed by atoms with van der Waals surface area (Å²) in [6.07, 6.45) is 2.17. The van der Waals surface area contributed by atoms with Crippen molar-refractivity contribution in [1.82, 2.24) is 4.98 Å². The van der Waals surface area contributed by atoms with E-state index < -0.39 is 5.97 Å². The molecule has 5 nitrogen and oxygen atoms in total. The van der Waals surface area contributed by atoms with E-state index in [0.717, 1.165) is 24.0 Å². The van der Waals surface area contributed by atoms with Gasteiger partial charge in [-0.1, -0.05) is 18.2 Å². The van der Waals surface area contributed by atoms with Gasteiger partial charge in [-0.25, -0.2) is 0 Å². The van der Waals surface area contributed by atoms with Crippen LogP contribution >= 0.6 is 0 Å². The number of hydrogen-bond donors (Lipinski definition) is 2. The Labute approximate surface area is 115 Å². The van der Waals surface area contributed by atoms with E-state index in [1.165, 1.54) is 0 Å². The first-order valence-electron chi connectivity index (χ1n) is 6.75. The number of carbonyl (C=O) groups is 1. The smallest absolute Gasteiger partial charge is 0.305 e. The molecule has 0 radical (unpaired) electrons. The summed E-state index contributed by atoms with van der Waals surface area (Å²) >= 11 is 0. The van der Waals surface area contributed by atoms with E-state index in [1.54, 1.807) is 6.07 Å². The maximum atomic E-state index is 12.1. The van der Waals surface area contributed by atoms with Crippen LogP contribution in [0.4, 0.5) is 5.82 Å². The molecular formula is C15H16N2O3. The Kier molecular flexibility index (Phi) is 3.18. The number of nitrogens with zero attached hydrogens (tertiary/aromatic N) is 1. The third-order valence-electron chi connectivity index (χ3n) is 3.60. The monoisotopic (exact) mass is 272 g/mol. The van der Waals surface area contributed by atoms with Crippen LogP contribution in [0.1, 0.15) is 19.3 Å². The zero-order valence-corrected chi connectivity index (χ0v) is 11.0. The number of aromatic amines is 1. The second-order valence-corrected chi connectivity index (χ2v) is 5.14. The average molecular weight is 272 g/mol. The predicted octanol–water partition coefficient (Wildman–Crippen LogP) is 1.97. The van der Waals surface area contributed by atoms with Crippen molar-refractivity contribution in [3.63, 3.8) is 0 Å². The van der Waals surface area contributed by atoms with Gasteiger partial charge in [0.25, 0.3) is 5.56 Å². The van der Waals surface area contributed by atoms with Crippen molar-refractivity contribution >= 4 is 22.6 Å². The maximum Gasteiger partial charge on any atom is 0.305 e. The lowest BCUT2D eigenvalue weighted by Gasteiger charge is -2.23. The van der Waals surface area contributed by atoms with Crippen molar-refractivity contribution in [3.8, 4) is 0 Å². The lowest BCUT2D eigenvalue weighted by Crippen LogP contribution is -2.30. The zero-order chi connectivity index (χ0) is 14.1. The number of aromatic nitrogens is 1. The molecule has 2 N–H and O–H groups in total. The van der Waals surface area contributed by atoms with Crippen LogP contribution in [-0.2, 0) is 4.79 Å². The van der Waals surface area contributed by atoms with E-state index in [2.05, 4.69) is 4.98 Å².